The van der Waals surface area contributed by atoms with Gasteiger partial charge in [-0.1, -0.05) is 30.7 Å². The van der Waals surface area contributed by atoms with Gasteiger partial charge in [0.05, 0.1) is 5.69 Å². The molecular weight excluding hydrogens is 300 g/mol. The van der Waals surface area contributed by atoms with Gasteiger partial charge in [0.25, 0.3) is 0 Å². The van der Waals surface area contributed by atoms with Crippen LogP contribution < -0.4 is 0 Å². The van der Waals surface area contributed by atoms with Crippen molar-refractivity contribution in [1.29, 1.82) is 0 Å². The van der Waals surface area contributed by atoms with Crippen molar-refractivity contribution in [1.82, 2.24) is 9.97 Å². The van der Waals surface area contributed by atoms with Gasteiger partial charge >= 0.3 is 0 Å². The summed E-state index contributed by atoms with van der Waals surface area (Å²) in [6, 6.07) is 9.89. The average molecular weight is 315 g/mol. The fraction of sp³-hybridized carbons (Fsp3) is 0.176. The maximum absolute atomic E-state index is 5.95. The predicted octanol–water partition coefficient (Wildman–Crippen LogP) is 5.40. The molecule has 0 unspecified atom stereocenters. The van der Waals surface area contributed by atoms with Crippen LogP contribution in [0.4, 0.5) is 0 Å². The molecule has 2 heterocycles. The van der Waals surface area contributed by atoms with E-state index >= 15 is 0 Å². The van der Waals surface area contributed by atoms with Crippen molar-refractivity contribution in [2.75, 3.05) is 0 Å². The number of aromatic nitrogens is 2. The van der Waals surface area contributed by atoms with Crippen LogP contribution in [0.15, 0.2) is 42.7 Å². The molecule has 0 radical (unpaired) electrons. The molecule has 3 rings (SSSR count). The van der Waals surface area contributed by atoms with Gasteiger partial charge in [0, 0.05) is 33.4 Å². The first-order valence-corrected chi connectivity index (χ1v) is 8.05. The zero-order chi connectivity index (χ0) is 14.8. The van der Waals surface area contributed by atoms with E-state index in [1.54, 1.807) is 11.3 Å². The number of rotatable bonds is 3. The number of hydrogen-bond donors (Lipinski definition) is 0. The van der Waals surface area contributed by atoms with E-state index in [2.05, 4.69) is 24.9 Å². The molecule has 4 heteroatoms. The Bertz CT molecular complexity index is 763. The maximum Gasteiger partial charge on any atom is 0.126 e. The number of hydrogen-bond acceptors (Lipinski definition) is 3. The summed E-state index contributed by atoms with van der Waals surface area (Å²) in [4.78, 5) is 10.3. The normalized spacial score (nSPS) is 10.8. The molecule has 0 aliphatic rings. The molecule has 0 fully saturated rings. The number of thiazole rings is 1. The molecule has 0 spiro atoms. The first-order valence-electron chi connectivity index (χ1n) is 6.85. The van der Waals surface area contributed by atoms with Crippen molar-refractivity contribution in [2.45, 2.75) is 20.3 Å². The standard InChI is InChI=1S/C17H15ClN2S/c1-3-12-8-9-19-10-15(12)17-20-16(11(2)21-17)13-4-6-14(18)7-5-13/h4-10H,3H2,1-2H3. The van der Waals surface area contributed by atoms with Crippen molar-refractivity contribution >= 4 is 22.9 Å². The van der Waals surface area contributed by atoms with Gasteiger partial charge in [-0.05, 0) is 37.1 Å². The summed E-state index contributed by atoms with van der Waals surface area (Å²) < 4.78 is 0. The van der Waals surface area contributed by atoms with E-state index in [9.17, 15) is 0 Å². The number of nitrogens with zero attached hydrogens (tertiary/aromatic N) is 2. The monoisotopic (exact) mass is 314 g/mol. The second-order valence-corrected chi connectivity index (χ2v) is 6.46. The largest absolute Gasteiger partial charge is 0.264 e. The van der Waals surface area contributed by atoms with E-state index in [0.717, 1.165) is 33.3 Å². The highest BCUT2D eigenvalue weighted by atomic mass is 35.5. The van der Waals surface area contributed by atoms with Gasteiger partial charge in [-0.25, -0.2) is 4.98 Å². The Morgan fingerprint density at radius 1 is 1.14 bits per heavy atom. The molecule has 0 bridgehead atoms. The molecule has 106 valence electrons. The Balaban J connectivity index is 2.07. The fourth-order valence-electron chi connectivity index (χ4n) is 2.31. The van der Waals surface area contributed by atoms with Crippen LogP contribution in [0.25, 0.3) is 21.8 Å². The lowest BCUT2D eigenvalue weighted by Gasteiger charge is -2.02. The minimum absolute atomic E-state index is 0.743. The Morgan fingerprint density at radius 2 is 1.90 bits per heavy atom. The Morgan fingerprint density at radius 3 is 2.62 bits per heavy atom. The van der Waals surface area contributed by atoms with Gasteiger partial charge in [-0.15, -0.1) is 11.3 Å². The van der Waals surface area contributed by atoms with Crippen LogP contribution in [0.1, 0.15) is 17.4 Å². The second kappa shape index (κ2) is 5.96. The molecular formula is C17H15ClN2S. The molecule has 2 aromatic heterocycles. The lowest BCUT2D eigenvalue weighted by Crippen LogP contribution is -1.88. The Hall–Kier alpha value is -1.71. The topological polar surface area (TPSA) is 25.8 Å². The molecule has 0 atom stereocenters. The van der Waals surface area contributed by atoms with Crippen LogP contribution in [0.5, 0.6) is 0 Å². The molecule has 1 aromatic carbocycles. The van der Waals surface area contributed by atoms with Crippen LogP contribution in [-0.4, -0.2) is 9.97 Å². The third-order valence-electron chi connectivity index (χ3n) is 3.44. The number of benzene rings is 1. The lowest BCUT2D eigenvalue weighted by molar-refractivity contribution is 1.12. The highest BCUT2D eigenvalue weighted by Gasteiger charge is 2.13. The van der Waals surface area contributed by atoms with Gasteiger partial charge in [-0.3, -0.25) is 4.98 Å². The van der Waals surface area contributed by atoms with Gasteiger partial charge in [0.2, 0.25) is 0 Å². The van der Waals surface area contributed by atoms with Crippen molar-refractivity contribution in [2.24, 2.45) is 0 Å². The second-order valence-electron chi connectivity index (χ2n) is 4.82. The van der Waals surface area contributed by atoms with E-state index in [1.165, 1.54) is 10.4 Å². The number of aryl methyl sites for hydroxylation is 2. The van der Waals surface area contributed by atoms with E-state index in [4.69, 9.17) is 16.6 Å². The van der Waals surface area contributed by atoms with Crippen molar-refractivity contribution in [3.63, 3.8) is 0 Å². The van der Waals surface area contributed by atoms with Crippen LogP contribution >= 0.6 is 22.9 Å². The summed E-state index contributed by atoms with van der Waals surface area (Å²) in [5, 5.41) is 1.77. The summed E-state index contributed by atoms with van der Waals surface area (Å²) in [5.74, 6) is 0. The number of halogens is 1. The minimum Gasteiger partial charge on any atom is -0.264 e. The SMILES string of the molecule is CCc1ccncc1-c1nc(-c2ccc(Cl)cc2)c(C)s1. The van der Waals surface area contributed by atoms with Crippen LogP contribution in [0.2, 0.25) is 5.02 Å². The van der Waals surface area contributed by atoms with Crippen molar-refractivity contribution in [3.05, 3.63) is 58.2 Å². The van der Waals surface area contributed by atoms with Crippen molar-refractivity contribution < 1.29 is 0 Å². The molecule has 0 amide bonds. The molecule has 0 aliphatic heterocycles. The quantitative estimate of drug-likeness (QED) is 0.647. The van der Waals surface area contributed by atoms with Crippen LogP contribution in [0.3, 0.4) is 0 Å². The van der Waals surface area contributed by atoms with E-state index < -0.39 is 0 Å². The third kappa shape index (κ3) is 2.85. The fourth-order valence-corrected chi connectivity index (χ4v) is 3.42. The summed E-state index contributed by atoms with van der Waals surface area (Å²) >= 11 is 7.67. The van der Waals surface area contributed by atoms with Gasteiger partial charge in [0.15, 0.2) is 0 Å². The summed E-state index contributed by atoms with van der Waals surface area (Å²) in [7, 11) is 0. The van der Waals surface area contributed by atoms with Crippen LogP contribution in [0, 0.1) is 6.92 Å². The first kappa shape index (κ1) is 14.2. The predicted molar refractivity (Wildman–Crippen MR) is 89.9 cm³/mol. The molecule has 0 saturated carbocycles. The number of pyridine rings is 1. The van der Waals surface area contributed by atoms with E-state index in [-0.39, 0.29) is 0 Å². The summed E-state index contributed by atoms with van der Waals surface area (Å²) in [6.45, 7) is 4.26. The Labute approximate surface area is 133 Å². The van der Waals surface area contributed by atoms with E-state index in [1.807, 2.05) is 36.7 Å². The van der Waals surface area contributed by atoms with Gasteiger partial charge in [0.1, 0.15) is 5.01 Å². The molecule has 2 nitrogen and oxygen atoms in total. The van der Waals surface area contributed by atoms with Crippen LogP contribution in [-0.2, 0) is 6.42 Å². The molecule has 21 heavy (non-hydrogen) atoms. The highest BCUT2D eigenvalue weighted by molar-refractivity contribution is 7.15. The first-order chi connectivity index (χ1) is 10.2. The zero-order valence-corrected chi connectivity index (χ0v) is 13.5. The summed E-state index contributed by atoms with van der Waals surface area (Å²) in [6.07, 6.45) is 4.72. The highest BCUT2D eigenvalue weighted by Crippen LogP contribution is 2.34. The molecule has 0 N–H and O–H groups in total. The molecule has 0 aliphatic carbocycles. The minimum atomic E-state index is 0.743. The van der Waals surface area contributed by atoms with E-state index in [0.29, 0.717) is 0 Å². The van der Waals surface area contributed by atoms with Gasteiger partial charge < -0.3 is 0 Å². The molecule has 0 saturated heterocycles. The Kier molecular flexibility index (Phi) is 4.04. The zero-order valence-electron chi connectivity index (χ0n) is 11.9. The average Bonchev–Trinajstić information content (AvgIpc) is 2.90. The maximum atomic E-state index is 5.95. The lowest BCUT2D eigenvalue weighted by atomic mass is 10.1. The molecule has 3 aromatic rings. The van der Waals surface area contributed by atoms with Crippen molar-refractivity contribution in [3.8, 4) is 21.8 Å². The smallest absolute Gasteiger partial charge is 0.126 e. The summed E-state index contributed by atoms with van der Waals surface area (Å²) in [5.41, 5.74) is 4.54. The third-order valence-corrected chi connectivity index (χ3v) is 4.69. The van der Waals surface area contributed by atoms with Gasteiger partial charge in [-0.2, -0.15) is 0 Å².